The molecule has 0 radical (unpaired) electrons. The van der Waals surface area contributed by atoms with Gasteiger partial charge in [-0.25, -0.2) is 0 Å². The zero-order valence-electron chi connectivity index (χ0n) is 17.8. The number of rotatable bonds is 7. The number of likely N-dealkylation sites (tertiary alicyclic amines) is 1. The average Bonchev–Trinajstić information content (AvgIpc) is 3.17. The molecule has 2 fully saturated rings. The summed E-state index contributed by atoms with van der Waals surface area (Å²) in [7, 11) is 2.01. The van der Waals surface area contributed by atoms with E-state index in [0.29, 0.717) is 5.41 Å². The van der Waals surface area contributed by atoms with E-state index in [1.165, 1.54) is 25.1 Å². The van der Waals surface area contributed by atoms with E-state index in [2.05, 4.69) is 65.5 Å². The lowest BCUT2D eigenvalue weighted by Gasteiger charge is -2.21. The zero-order chi connectivity index (χ0) is 22.6. The number of thioether (sulfide) groups is 1. The Morgan fingerprint density at radius 1 is 1.25 bits per heavy atom. The number of fused-ring (bicyclic) bond motifs is 1. The van der Waals surface area contributed by atoms with Crippen molar-refractivity contribution in [2.45, 2.75) is 23.4 Å². The molecule has 1 N–H and O–H groups in total. The average molecular weight is 517 g/mol. The lowest BCUT2D eigenvalue weighted by Crippen LogP contribution is -2.27. The number of benzene rings is 1. The normalized spacial score (nSPS) is 21.5. The Balaban J connectivity index is 0.000000775. The number of nitrogens with zero attached hydrogens (tertiary/aromatic N) is 6. The first kappa shape index (κ1) is 22.9. The second-order valence-electron chi connectivity index (χ2n) is 8.10. The van der Waals surface area contributed by atoms with Gasteiger partial charge in [-0.15, -0.1) is 10.2 Å². The van der Waals surface area contributed by atoms with Crippen molar-refractivity contribution in [2.75, 3.05) is 25.4 Å². The quantitative estimate of drug-likeness (QED) is 0.289. The van der Waals surface area contributed by atoms with E-state index >= 15 is 0 Å². The first-order chi connectivity index (χ1) is 15.6. The van der Waals surface area contributed by atoms with Crippen LogP contribution in [0.5, 0.6) is 0 Å². The van der Waals surface area contributed by atoms with E-state index in [4.69, 9.17) is 9.90 Å². The number of halogens is 1. The van der Waals surface area contributed by atoms with Gasteiger partial charge in [0.05, 0.1) is 12.4 Å². The van der Waals surface area contributed by atoms with Crippen molar-refractivity contribution in [3.8, 4) is 11.4 Å². The van der Waals surface area contributed by atoms with Crippen molar-refractivity contribution in [1.82, 2.24) is 29.9 Å². The van der Waals surface area contributed by atoms with Gasteiger partial charge in [-0.3, -0.25) is 4.79 Å². The molecule has 1 unspecified atom stereocenters. The second kappa shape index (κ2) is 10.1. The molecule has 1 saturated carbocycles. The van der Waals surface area contributed by atoms with Gasteiger partial charge in [-0.1, -0.05) is 39.8 Å². The third-order valence-corrected chi connectivity index (χ3v) is 7.80. The fourth-order valence-corrected chi connectivity index (χ4v) is 5.65. The second-order valence-corrected chi connectivity index (χ2v) is 10.1. The fraction of sp³-hybridized carbons (Fsp3) is 0.409. The van der Waals surface area contributed by atoms with Crippen molar-refractivity contribution in [2.24, 2.45) is 13.0 Å². The lowest BCUT2D eigenvalue weighted by atomic mass is 9.95. The summed E-state index contributed by atoms with van der Waals surface area (Å²) < 4.78 is 3.20. The zero-order valence-corrected chi connectivity index (χ0v) is 20.2. The molecule has 8 nitrogen and oxygen atoms in total. The highest BCUT2D eigenvalue weighted by atomic mass is 79.9. The van der Waals surface area contributed by atoms with Crippen LogP contribution in [-0.4, -0.2) is 66.8 Å². The maximum absolute atomic E-state index is 8.36. The monoisotopic (exact) mass is 516 g/mol. The van der Waals surface area contributed by atoms with Crippen LogP contribution in [0, 0.1) is 5.92 Å². The molecule has 0 bridgehead atoms. The van der Waals surface area contributed by atoms with E-state index in [1.54, 1.807) is 24.2 Å². The first-order valence-corrected chi connectivity index (χ1v) is 12.2. The summed E-state index contributed by atoms with van der Waals surface area (Å²) >= 11 is 5.32. The summed E-state index contributed by atoms with van der Waals surface area (Å²) in [6.45, 7) is 3.34. The molecule has 1 aliphatic heterocycles. The number of carbonyl (C=O) groups is 1. The molecule has 2 atom stereocenters. The van der Waals surface area contributed by atoms with Gasteiger partial charge in [0, 0.05) is 41.3 Å². The highest BCUT2D eigenvalue weighted by Crippen LogP contribution is 2.59. The minimum absolute atomic E-state index is 0.250. The van der Waals surface area contributed by atoms with E-state index in [0.717, 1.165) is 45.7 Å². The molecule has 32 heavy (non-hydrogen) atoms. The molecular formula is C22H25BrN6O2S. The van der Waals surface area contributed by atoms with Gasteiger partial charge in [0.25, 0.3) is 6.47 Å². The maximum Gasteiger partial charge on any atom is 0.290 e. The van der Waals surface area contributed by atoms with Gasteiger partial charge in [-0.2, -0.15) is 10.2 Å². The Bertz CT molecular complexity index is 1050. The van der Waals surface area contributed by atoms with Gasteiger partial charge in [0.1, 0.15) is 0 Å². The van der Waals surface area contributed by atoms with Crippen LogP contribution >= 0.6 is 27.7 Å². The smallest absolute Gasteiger partial charge is 0.290 e. The highest BCUT2D eigenvalue weighted by molar-refractivity contribution is 9.10. The summed E-state index contributed by atoms with van der Waals surface area (Å²) in [4.78, 5) is 11.0. The molecule has 1 saturated heterocycles. The van der Waals surface area contributed by atoms with Crippen LogP contribution in [0.3, 0.4) is 0 Å². The summed E-state index contributed by atoms with van der Waals surface area (Å²) in [5.41, 5.74) is 2.88. The third-order valence-electron chi connectivity index (χ3n) is 6.16. The third kappa shape index (κ3) is 4.87. The van der Waals surface area contributed by atoms with Crippen LogP contribution in [0.25, 0.3) is 11.4 Å². The standard InChI is InChI=1S/C21H23BrN6S.CH2O2/c1-27-19(15-7-8-23-24-12-15)25-26-20(27)29-10-2-9-28-13-17-11-21(17,14-28)16-3-5-18(22)6-4-16;2-1-3/h3-8,12,17H,2,9-11,13-14H2,1H3;1H,(H,2,3)/t17-,21?;/m0./s1. The molecular weight excluding hydrogens is 492 g/mol. The van der Waals surface area contributed by atoms with E-state index in [1.807, 2.05) is 17.7 Å². The topological polar surface area (TPSA) is 97.0 Å². The molecule has 3 aromatic rings. The largest absolute Gasteiger partial charge is 0.483 e. The van der Waals surface area contributed by atoms with Crippen molar-refractivity contribution >= 4 is 34.2 Å². The van der Waals surface area contributed by atoms with E-state index in [-0.39, 0.29) is 6.47 Å². The SMILES string of the molecule is Cn1c(SCCCN2C[C@@H]3CC3(c3ccc(Br)cc3)C2)nnc1-c1ccnnc1.O=CO. The predicted octanol–water partition coefficient (Wildman–Crippen LogP) is 3.49. The van der Waals surface area contributed by atoms with Crippen LogP contribution < -0.4 is 0 Å². The number of hydrogen-bond acceptors (Lipinski definition) is 7. The molecule has 3 heterocycles. The van der Waals surface area contributed by atoms with Gasteiger partial charge >= 0.3 is 0 Å². The Kier molecular flexibility index (Phi) is 7.22. The van der Waals surface area contributed by atoms with Gasteiger partial charge in [0.2, 0.25) is 0 Å². The first-order valence-electron chi connectivity index (χ1n) is 10.4. The summed E-state index contributed by atoms with van der Waals surface area (Å²) in [6.07, 6.45) is 5.91. The number of piperidine rings is 1. The number of carboxylic acid groups (broad SMARTS) is 1. The predicted molar refractivity (Wildman–Crippen MR) is 126 cm³/mol. The summed E-state index contributed by atoms with van der Waals surface area (Å²) in [5, 5.41) is 24.3. The Morgan fingerprint density at radius 2 is 2.03 bits per heavy atom. The van der Waals surface area contributed by atoms with Crippen LogP contribution in [-0.2, 0) is 17.3 Å². The molecule has 168 valence electrons. The van der Waals surface area contributed by atoms with Crippen molar-refractivity contribution in [3.05, 3.63) is 52.8 Å². The van der Waals surface area contributed by atoms with Crippen LogP contribution in [0.4, 0.5) is 0 Å². The molecule has 5 rings (SSSR count). The molecule has 0 spiro atoms. The van der Waals surface area contributed by atoms with Crippen molar-refractivity contribution in [1.29, 1.82) is 0 Å². The number of hydrogen-bond donors (Lipinski definition) is 1. The minimum Gasteiger partial charge on any atom is -0.483 e. The summed E-state index contributed by atoms with van der Waals surface area (Å²) in [6, 6.07) is 10.9. The van der Waals surface area contributed by atoms with Gasteiger partial charge in [0.15, 0.2) is 11.0 Å². The molecule has 10 heteroatoms. The molecule has 1 aromatic carbocycles. The van der Waals surface area contributed by atoms with Gasteiger partial charge in [-0.05, 0) is 49.1 Å². The van der Waals surface area contributed by atoms with Crippen molar-refractivity contribution in [3.63, 3.8) is 0 Å². The van der Waals surface area contributed by atoms with Crippen LogP contribution in [0.15, 0.2) is 52.4 Å². The molecule has 1 aliphatic carbocycles. The Labute approximate surface area is 199 Å². The van der Waals surface area contributed by atoms with Crippen LogP contribution in [0.2, 0.25) is 0 Å². The maximum atomic E-state index is 8.36. The molecule has 2 aromatic heterocycles. The van der Waals surface area contributed by atoms with E-state index in [9.17, 15) is 0 Å². The van der Waals surface area contributed by atoms with Gasteiger partial charge < -0.3 is 14.6 Å². The molecule has 0 amide bonds. The Hall–Kier alpha value is -2.30. The minimum atomic E-state index is -0.250. The Morgan fingerprint density at radius 3 is 2.75 bits per heavy atom. The van der Waals surface area contributed by atoms with E-state index < -0.39 is 0 Å². The lowest BCUT2D eigenvalue weighted by molar-refractivity contribution is -0.122. The molecule has 2 aliphatic rings. The van der Waals surface area contributed by atoms with Crippen molar-refractivity contribution < 1.29 is 9.90 Å². The number of aromatic nitrogens is 5. The highest BCUT2D eigenvalue weighted by Gasteiger charge is 2.60. The fourth-order valence-electron chi connectivity index (χ4n) is 4.55. The van der Waals surface area contributed by atoms with Crippen LogP contribution in [0.1, 0.15) is 18.4 Å². The summed E-state index contributed by atoms with van der Waals surface area (Å²) in [5.74, 6) is 2.72.